The van der Waals surface area contributed by atoms with Crippen molar-refractivity contribution in [2.75, 3.05) is 18.1 Å². The molecule has 186 valence electrons. The number of H-pyrrole nitrogens is 1. The maximum Gasteiger partial charge on any atom is 0.303 e. The monoisotopic (exact) mass is 516 g/mol. The number of nitrogens with one attached hydrogen (secondary N) is 2. The van der Waals surface area contributed by atoms with E-state index in [0.717, 1.165) is 36.5 Å². The molecular weight excluding hydrogens is 488 g/mol. The Labute approximate surface area is 211 Å². The number of carboxylic acid groups (broad SMARTS) is 1. The fourth-order valence-corrected chi connectivity index (χ4v) is 7.61. The maximum atomic E-state index is 13.4. The molecule has 2 aliphatic heterocycles. The summed E-state index contributed by atoms with van der Waals surface area (Å²) in [4.78, 5) is 58.0. The van der Waals surface area contributed by atoms with Crippen LogP contribution >= 0.6 is 23.5 Å². The third-order valence-electron chi connectivity index (χ3n) is 6.08. The quantitative estimate of drug-likeness (QED) is 0.463. The number of carbonyl (C=O) groups is 4. The summed E-state index contributed by atoms with van der Waals surface area (Å²) in [6.45, 7) is 0.382. The zero-order chi connectivity index (χ0) is 24.8. The van der Waals surface area contributed by atoms with Gasteiger partial charge in [-0.15, -0.1) is 23.5 Å². The van der Waals surface area contributed by atoms with Crippen molar-refractivity contribution in [2.24, 2.45) is 0 Å². The Hall–Kier alpha value is -2.79. The number of thioether (sulfide) groups is 2. The molecule has 3 heterocycles. The first-order valence-electron chi connectivity index (χ1n) is 11.6. The predicted octanol–water partition coefficient (Wildman–Crippen LogP) is 2.48. The number of rotatable bonds is 9. The van der Waals surface area contributed by atoms with E-state index in [0.29, 0.717) is 13.0 Å². The number of hydrogen-bond donors (Lipinski definition) is 3. The molecule has 1 spiro atoms. The van der Waals surface area contributed by atoms with E-state index in [1.165, 1.54) is 10.5 Å². The van der Waals surface area contributed by atoms with Gasteiger partial charge in [-0.05, 0) is 24.8 Å². The number of imide groups is 1. The van der Waals surface area contributed by atoms with Crippen LogP contribution in [0.3, 0.4) is 0 Å². The van der Waals surface area contributed by atoms with Crippen LogP contribution in [-0.2, 0) is 27.2 Å². The minimum atomic E-state index is -1.11. The van der Waals surface area contributed by atoms with E-state index < -0.39 is 23.8 Å². The Balaban J connectivity index is 1.40. The molecule has 3 N–H and O–H groups in total. The first-order valence-corrected chi connectivity index (χ1v) is 13.5. The van der Waals surface area contributed by atoms with Gasteiger partial charge in [0.25, 0.3) is 5.91 Å². The summed E-state index contributed by atoms with van der Waals surface area (Å²) in [5.74, 6) is -0.664. The summed E-state index contributed by atoms with van der Waals surface area (Å²) in [6.07, 6.45) is 4.01. The van der Waals surface area contributed by atoms with E-state index >= 15 is 0 Å². The number of amides is 3. The van der Waals surface area contributed by atoms with Crippen LogP contribution < -0.4 is 5.32 Å². The number of carbonyl (C=O) groups excluding carboxylic acids is 3. The number of likely N-dealkylation sites (tertiary alicyclic amines) is 1. The molecule has 1 aromatic carbocycles. The highest BCUT2D eigenvalue weighted by Crippen LogP contribution is 2.52. The van der Waals surface area contributed by atoms with E-state index in [1.54, 1.807) is 29.7 Å². The van der Waals surface area contributed by atoms with Crippen molar-refractivity contribution in [3.8, 4) is 0 Å². The number of carboxylic acids is 1. The second kappa shape index (κ2) is 11.3. The summed E-state index contributed by atoms with van der Waals surface area (Å²) in [5.41, 5.74) is 2.11. The molecule has 2 aliphatic rings. The zero-order valence-electron chi connectivity index (χ0n) is 19.2. The van der Waals surface area contributed by atoms with Gasteiger partial charge in [-0.2, -0.15) is 0 Å². The van der Waals surface area contributed by atoms with E-state index in [9.17, 15) is 19.2 Å². The van der Waals surface area contributed by atoms with E-state index in [4.69, 9.17) is 5.11 Å². The summed E-state index contributed by atoms with van der Waals surface area (Å²) in [5, 5.41) is 11.1. The van der Waals surface area contributed by atoms with Crippen molar-refractivity contribution in [1.29, 1.82) is 0 Å². The number of aliphatic carboxylic acids is 1. The lowest BCUT2D eigenvalue weighted by Gasteiger charge is -2.23. The predicted molar refractivity (Wildman–Crippen MR) is 134 cm³/mol. The largest absolute Gasteiger partial charge is 0.481 e. The van der Waals surface area contributed by atoms with Gasteiger partial charge in [0.2, 0.25) is 11.8 Å². The Bertz CT molecular complexity index is 1080. The molecule has 0 saturated carbocycles. The standard InChI is InChI=1S/C24H28N4O5S2/c29-19(9-10-20(30)31)27-22(32)18-13-24(34-11-12-35-24)15-28(18)23(33)21-25-14-17(26-21)8-4-7-16-5-2-1-3-6-16/h1-3,5-6,14,18H,4,7-13,15H2,(H,25,26)(H,30,31)(H,27,29,32). The minimum Gasteiger partial charge on any atom is -0.481 e. The molecule has 2 fully saturated rings. The van der Waals surface area contributed by atoms with Gasteiger partial charge >= 0.3 is 5.97 Å². The van der Waals surface area contributed by atoms with Crippen LogP contribution in [-0.4, -0.2) is 71.8 Å². The summed E-state index contributed by atoms with van der Waals surface area (Å²) >= 11 is 3.47. The molecule has 2 saturated heterocycles. The van der Waals surface area contributed by atoms with Crippen molar-refractivity contribution < 1.29 is 24.3 Å². The number of hydrogen-bond acceptors (Lipinski definition) is 7. The molecule has 11 heteroatoms. The number of imidazole rings is 1. The Morgan fingerprint density at radius 3 is 2.57 bits per heavy atom. The third-order valence-corrected chi connectivity index (χ3v) is 9.51. The van der Waals surface area contributed by atoms with Crippen LogP contribution in [0.5, 0.6) is 0 Å². The van der Waals surface area contributed by atoms with Crippen LogP contribution in [0.4, 0.5) is 0 Å². The first kappa shape index (κ1) is 25.3. The Morgan fingerprint density at radius 1 is 1.11 bits per heavy atom. The normalized spacial score (nSPS) is 18.6. The van der Waals surface area contributed by atoms with Crippen molar-refractivity contribution in [3.63, 3.8) is 0 Å². The molecule has 0 aliphatic carbocycles. The smallest absolute Gasteiger partial charge is 0.303 e. The molecule has 1 atom stereocenters. The molecule has 1 unspecified atom stereocenters. The Morgan fingerprint density at radius 2 is 1.86 bits per heavy atom. The van der Waals surface area contributed by atoms with Crippen LogP contribution in [0.1, 0.15) is 47.6 Å². The van der Waals surface area contributed by atoms with Crippen molar-refractivity contribution in [1.82, 2.24) is 20.2 Å². The van der Waals surface area contributed by atoms with E-state index in [2.05, 4.69) is 27.4 Å². The van der Waals surface area contributed by atoms with Crippen molar-refractivity contribution in [3.05, 3.63) is 53.6 Å². The molecule has 2 aromatic rings. The lowest BCUT2D eigenvalue weighted by molar-refractivity contribution is -0.140. The van der Waals surface area contributed by atoms with Crippen LogP contribution in [0, 0.1) is 0 Å². The van der Waals surface area contributed by atoms with Crippen LogP contribution in [0.25, 0.3) is 0 Å². The summed E-state index contributed by atoms with van der Waals surface area (Å²) in [6, 6.07) is 9.36. The summed E-state index contributed by atoms with van der Waals surface area (Å²) in [7, 11) is 0. The topological polar surface area (TPSA) is 132 Å². The molecule has 35 heavy (non-hydrogen) atoms. The van der Waals surface area contributed by atoms with Gasteiger partial charge in [0.15, 0.2) is 5.82 Å². The van der Waals surface area contributed by atoms with Gasteiger partial charge in [-0.3, -0.25) is 24.5 Å². The highest BCUT2D eigenvalue weighted by molar-refractivity contribution is 8.21. The van der Waals surface area contributed by atoms with Crippen molar-refractivity contribution in [2.45, 2.75) is 48.6 Å². The molecule has 0 bridgehead atoms. The molecule has 3 amide bonds. The van der Waals surface area contributed by atoms with Crippen LogP contribution in [0.2, 0.25) is 0 Å². The number of benzene rings is 1. The number of aromatic nitrogens is 2. The number of nitrogens with zero attached hydrogens (tertiary/aromatic N) is 2. The Kier molecular flexibility index (Phi) is 8.17. The van der Waals surface area contributed by atoms with Gasteiger partial charge in [-0.1, -0.05) is 30.3 Å². The maximum absolute atomic E-state index is 13.4. The summed E-state index contributed by atoms with van der Waals surface area (Å²) < 4.78 is -0.285. The zero-order valence-corrected chi connectivity index (χ0v) is 20.8. The lowest BCUT2D eigenvalue weighted by atomic mass is 10.1. The lowest BCUT2D eigenvalue weighted by Crippen LogP contribution is -2.47. The van der Waals surface area contributed by atoms with Gasteiger partial charge < -0.3 is 15.0 Å². The van der Waals surface area contributed by atoms with E-state index in [-0.39, 0.29) is 28.7 Å². The fraction of sp³-hybridized carbons (Fsp3) is 0.458. The molecular formula is C24H28N4O5S2. The average Bonchev–Trinajstić information content (AvgIpc) is 3.59. The second-order valence-corrected chi connectivity index (χ2v) is 11.9. The van der Waals surface area contributed by atoms with E-state index in [1.807, 2.05) is 18.2 Å². The number of aromatic amines is 1. The van der Waals surface area contributed by atoms with Crippen LogP contribution in [0.15, 0.2) is 36.5 Å². The van der Waals surface area contributed by atoms with Gasteiger partial charge in [-0.25, -0.2) is 4.98 Å². The SMILES string of the molecule is O=C(O)CCC(=O)NC(=O)C1CC2(CN1C(=O)c1ncc(CCCc3ccccc3)[nH]1)SCCS2. The first-order chi connectivity index (χ1) is 16.8. The number of aryl methyl sites for hydroxylation is 2. The highest BCUT2D eigenvalue weighted by Gasteiger charge is 2.51. The van der Waals surface area contributed by atoms with Gasteiger partial charge in [0, 0.05) is 42.8 Å². The molecule has 0 radical (unpaired) electrons. The molecule has 1 aromatic heterocycles. The van der Waals surface area contributed by atoms with Gasteiger partial charge in [0.05, 0.1) is 10.5 Å². The molecule has 4 rings (SSSR count). The minimum absolute atomic E-state index is 0.180. The molecule has 9 nitrogen and oxygen atoms in total. The highest BCUT2D eigenvalue weighted by atomic mass is 32.2. The third kappa shape index (κ3) is 6.46. The van der Waals surface area contributed by atoms with Crippen molar-refractivity contribution >= 4 is 47.2 Å². The average molecular weight is 517 g/mol. The second-order valence-electron chi connectivity index (χ2n) is 8.66. The fourth-order valence-electron chi connectivity index (χ4n) is 4.35. The van der Waals surface area contributed by atoms with Gasteiger partial charge in [0.1, 0.15) is 6.04 Å².